The minimum absolute atomic E-state index is 0.0396. The van der Waals surface area contributed by atoms with Crippen LogP contribution in [0.15, 0.2) is 54.1 Å². The standard InChI is InChI=1S/C25H26N2O5/c1-30-19-10-9-16(12-20(19)31-2)22-21-23(28)17-7-3-4-8-18(17)32-24(21)25(29)27(22)14-15-6-5-11-26-13-15/h5-6,9-13,17-18,22H,3-4,7-8,14H2,1-2H3. The van der Waals surface area contributed by atoms with Crippen LogP contribution in [0.3, 0.4) is 0 Å². The number of pyridine rings is 1. The number of hydrogen-bond donors (Lipinski definition) is 0. The van der Waals surface area contributed by atoms with Crippen molar-refractivity contribution in [3.63, 3.8) is 0 Å². The van der Waals surface area contributed by atoms with Gasteiger partial charge < -0.3 is 19.1 Å². The number of nitrogens with zero attached hydrogens (tertiary/aromatic N) is 2. The van der Waals surface area contributed by atoms with Gasteiger partial charge in [-0.15, -0.1) is 0 Å². The fourth-order valence-electron chi connectivity index (χ4n) is 5.11. The molecule has 2 aromatic rings. The number of methoxy groups -OCH3 is 2. The minimum Gasteiger partial charge on any atom is -0.493 e. The number of rotatable bonds is 5. The van der Waals surface area contributed by atoms with Gasteiger partial charge >= 0.3 is 0 Å². The molecule has 0 N–H and O–H groups in total. The molecule has 1 fully saturated rings. The van der Waals surface area contributed by atoms with Crippen molar-refractivity contribution in [2.45, 2.75) is 44.4 Å². The van der Waals surface area contributed by atoms with Crippen molar-refractivity contribution >= 4 is 11.7 Å². The smallest absolute Gasteiger partial charge is 0.290 e. The highest BCUT2D eigenvalue weighted by Gasteiger charge is 2.52. The van der Waals surface area contributed by atoms with Crippen LogP contribution >= 0.6 is 0 Å². The van der Waals surface area contributed by atoms with E-state index in [0.29, 0.717) is 23.6 Å². The quantitative estimate of drug-likeness (QED) is 0.716. The summed E-state index contributed by atoms with van der Waals surface area (Å²) >= 11 is 0. The molecule has 7 nitrogen and oxygen atoms in total. The predicted octanol–water partition coefficient (Wildman–Crippen LogP) is 3.59. The van der Waals surface area contributed by atoms with Crippen LogP contribution in [0.2, 0.25) is 0 Å². The Morgan fingerprint density at radius 3 is 2.66 bits per heavy atom. The van der Waals surface area contributed by atoms with Gasteiger partial charge in [-0.3, -0.25) is 14.6 Å². The van der Waals surface area contributed by atoms with E-state index >= 15 is 0 Å². The molecule has 3 atom stereocenters. The van der Waals surface area contributed by atoms with E-state index in [4.69, 9.17) is 14.2 Å². The molecule has 1 aliphatic carbocycles. The molecule has 3 aliphatic rings. The Kier molecular flexibility index (Phi) is 5.33. The maximum Gasteiger partial charge on any atom is 0.290 e. The second-order valence-corrected chi connectivity index (χ2v) is 8.47. The second kappa shape index (κ2) is 8.30. The summed E-state index contributed by atoms with van der Waals surface area (Å²) < 4.78 is 17.1. The van der Waals surface area contributed by atoms with Crippen LogP contribution in [-0.2, 0) is 20.9 Å². The molecule has 1 amide bonds. The number of benzene rings is 1. The van der Waals surface area contributed by atoms with E-state index in [1.54, 1.807) is 37.6 Å². The molecule has 0 radical (unpaired) electrons. The van der Waals surface area contributed by atoms with Gasteiger partial charge in [0.15, 0.2) is 23.0 Å². The van der Waals surface area contributed by atoms with Crippen LogP contribution < -0.4 is 9.47 Å². The van der Waals surface area contributed by atoms with Crippen LogP contribution in [0, 0.1) is 5.92 Å². The van der Waals surface area contributed by atoms with Crippen LogP contribution in [0.5, 0.6) is 11.5 Å². The summed E-state index contributed by atoms with van der Waals surface area (Å²) in [5.74, 6) is 0.955. The third-order valence-electron chi connectivity index (χ3n) is 6.66. The summed E-state index contributed by atoms with van der Waals surface area (Å²) in [6.45, 7) is 0.324. The monoisotopic (exact) mass is 434 g/mol. The zero-order chi connectivity index (χ0) is 22.2. The number of hydrogen-bond acceptors (Lipinski definition) is 6. The van der Waals surface area contributed by atoms with Gasteiger partial charge in [-0.25, -0.2) is 0 Å². The Morgan fingerprint density at radius 1 is 1.09 bits per heavy atom. The normalized spacial score (nSPS) is 24.7. The molecule has 32 heavy (non-hydrogen) atoms. The topological polar surface area (TPSA) is 78.0 Å². The van der Waals surface area contributed by atoms with Crippen molar-refractivity contribution in [1.82, 2.24) is 9.88 Å². The van der Waals surface area contributed by atoms with Gasteiger partial charge in [0.2, 0.25) is 0 Å². The molecule has 3 heterocycles. The minimum atomic E-state index is -0.548. The molecule has 2 aliphatic heterocycles. The fraction of sp³-hybridized carbons (Fsp3) is 0.400. The number of aromatic nitrogens is 1. The van der Waals surface area contributed by atoms with Crippen molar-refractivity contribution in [3.05, 3.63) is 65.2 Å². The Bertz CT molecular complexity index is 1080. The zero-order valence-corrected chi connectivity index (χ0v) is 18.2. The molecule has 0 bridgehead atoms. The number of fused-ring (bicyclic) bond motifs is 1. The summed E-state index contributed by atoms with van der Waals surface area (Å²) in [5.41, 5.74) is 2.14. The third kappa shape index (κ3) is 3.32. The number of ketones is 1. The van der Waals surface area contributed by atoms with Gasteiger partial charge in [0, 0.05) is 18.9 Å². The molecule has 1 aromatic carbocycles. The van der Waals surface area contributed by atoms with E-state index in [1.807, 2.05) is 24.3 Å². The number of Topliss-reactive ketones (excluding diaryl/α,β-unsaturated/α-hetero) is 1. The molecule has 1 saturated carbocycles. The van der Waals surface area contributed by atoms with Crippen molar-refractivity contribution in [1.29, 1.82) is 0 Å². The van der Waals surface area contributed by atoms with E-state index in [0.717, 1.165) is 36.8 Å². The average molecular weight is 434 g/mol. The molecular formula is C25H26N2O5. The van der Waals surface area contributed by atoms with E-state index in [9.17, 15) is 9.59 Å². The Hall–Kier alpha value is -3.35. The van der Waals surface area contributed by atoms with E-state index in [-0.39, 0.29) is 29.5 Å². The first-order valence-electron chi connectivity index (χ1n) is 11.0. The van der Waals surface area contributed by atoms with Gasteiger partial charge in [0.25, 0.3) is 5.91 Å². The largest absolute Gasteiger partial charge is 0.493 e. The molecule has 5 rings (SSSR count). The van der Waals surface area contributed by atoms with Crippen molar-refractivity contribution in [2.24, 2.45) is 5.92 Å². The molecule has 7 heteroatoms. The molecule has 1 aromatic heterocycles. The van der Waals surface area contributed by atoms with Crippen LogP contribution in [-0.4, -0.2) is 41.9 Å². The van der Waals surface area contributed by atoms with E-state index < -0.39 is 6.04 Å². The highest BCUT2D eigenvalue weighted by atomic mass is 16.5. The third-order valence-corrected chi connectivity index (χ3v) is 6.66. The Morgan fingerprint density at radius 2 is 1.91 bits per heavy atom. The van der Waals surface area contributed by atoms with E-state index in [2.05, 4.69) is 4.98 Å². The Labute approximate surface area is 187 Å². The summed E-state index contributed by atoms with van der Waals surface area (Å²) in [6, 6.07) is 8.73. The molecule has 0 spiro atoms. The lowest BCUT2D eigenvalue weighted by Gasteiger charge is -2.35. The molecule has 166 valence electrons. The first-order valence-corrected chi connectivity index (χ1v) is 11.0. The van der Waals surface area contributed by atoms with Crippen molar-refractivity contribution in [2.75, 3.05) is 14.2 Å². The highest BCUT2D eigenvalue weighted by Crippen LogP contribution is 2.48. The fourth-order valence-corrected chi connectivity index (χ4v) is 5.11. The lowest BCUT2D eigenvalue weighted by atomic mass is 9.77. The van der Waals surface area contributed by atoms with Crippen molar-refractivity contribution < 1.29 is 23.8 Å². The highest BCUT2D eigenvalue weighted by molar-refractivity contribution is 6.11. The zero-order valence-electron chi connectivity index (χ0n) is 18.2. The van der Waals surface area contributed by atoms with E-state index in [1.165, 1.54) is 0 Å². The summed E-state index contributed by atoms with van der Waals surface area (Å²) in [6.07, 6.45) is 6.86. The molecule has 0 saturated heterocycles. The first kappa shape index (κ1) is 20.5. The van der Waals surface area contributed by atoms with Crippen molar-refractivity contribution in [3.8, 4) is 11.5 Å². The SMILES string of the molecule is COc1ccc(C2C3=C(OC4CCCCC4C3=O)C(=O)N2Cc2cccnc2)cc1OC. The molecule has 3 unspecified atom stereocenters. The number of amides is 1. The summed E-state index contributed by atoms with van der Waals surface area (Å²) in [5, 5.41) is 0. The molecular weight excluding hydrogens is 408 g/mol. The van der Waals surface area contributed by atoms with Gasteiger partial charge in [-0.05, 0) is 48.6 Å². The number of carbonyl (C=O) groups is 2. The van der Waals surface area contributed by atoms with Gasteiger partial charge in [-0.2, -0.15) is 0 Å². The van der Waals surface area contributed by atoms with Crippen LogP contribution in [0.4, 0.5) is 0 Å². The maximum absolute atomic E-state index is 13.7. The maximum atomic E-state index is 13.7. The average Bonchev–Trinajstić information content (AvgIpc) is 3.11. The van der Waals surface area contributed by atoms with Gasteiger partial charge in [0.05, 0.1) is 31.8 Å². The lowest BCUT2D eigenvalue weighted by Crippen LogP contribution is -2.39. The first-order chi connectivity index (χ1) is 15.6. The van der Waals surface area contributed by atoms with Gasteiger partial charge in [0.1, 0.15) is 6.10 Å². The van der Waals surface area contributed by atoms with Gasteiger partial charge in [-0.1, -0.05) is 18.6 Å². The van der Waals surface area contributed by atoms with Crippen LogP contribution in [0.1, 0.15) is 42.9 Å². The summed E-state index contributed by atoms with van der Waals surface area (Å²) in [7, 11) is 3.15. The predicted molar refractivity (Wildman–Crippen MR) is 116 cm³/mol. The Balaban J connectivity index is 1.61. The van der Waals surface area contributed by atoms with Crippen LogP contribution in [0.25, 0.3) is 0 Å². The number of ether oxygens (including phenoxy) is 3. The summed E-state index contributed by atoms with van der Waals surface area (Å²) in [4.78, 5) is 33.1. The second-order valence-electron chi connectivity index (χ2n) is 8.47. The number of carbonyl (C=O) groups excluding carboxylic acids is 2. The lowest BCUT2D eigenvalue weighted by molar-refractivity contribution is -0.135.